The number of hydrogen-bond donors (Lipinski definition) is 3. The Morgan fingerprint density at radius 3 is 2.72 bits per heavy atom. The number of amides is 2. The first-order valence-corrected chi connectivity index (χ1v) is 6.48. The summed E-state index contributed by atoms with van der Waals surface area (Å²) in [7, 11) is 0. The zero-order chi connectivity index (χ0) is 13.5. The Morgan fingerprint density at radius 2 is 2.11 bits per heavy atom. The lowest BCUT2D eigenvalue weighted by molar-refractivity contribution is -0.146. The third-order valence-corrected chi connectivity index (χ3v) is 3.44. The first-order chi connectivity index (χ1) is 8.54. The van der Waals surface area contributed by atoms with Gasteiger partial charge in [-0.25, -0.2) is 9.59 Å². The van der Waals surface area contributed by atoms with Crippen molar-refractivity contribution >= 4 is 12.0 Å². The number of carboxylic acids is 1. The zero-order valence-electron chi connectivity index (χ0n) is 10.8. The van der Waals surface area contributed by atoms with Gasteiger partial charge >= 0.3 is 12.0 Å². The lowest BCUT2D eigenvalue weighted by Crippen LogP contribution is -2.44. The second-order valence-corrected chi connectivity index (χ2v) is 4.73. The maximum absolute atomic E-state index is 11.8. The van der Waals surface area contributed by atoms with Crippen LogP contribution in [0.15, 0.2) is 0 Å². The van der Waals surface area contributed by atoms with Crippen molar-refractivity contribution in [3.8, 4) is 0 Å². The molecule has 1 aliphatic rings. The van der Waals surface area contributed by atoms with Crippen LogP contribution in [0, 0.1) is 5.92 Å². The summed E-state index contributed by atoms with van der Waals surface area (Å²) < 4.78 is 0. The Morgan fingerprint density at radius 1 is 1.39 bits per heavy atom. The Bertz CT molecular complexity index is 296. The number of carboxylic acid groups (broad SMARTS) is 1. The van der Waals surface area contributed by atoms with E-state index >= 15 is 0 Å². The lowest BCUT2D eigenvalue weighted by atomic mass is 9.98. The quantitative estimate of drug-likeness (QED) is 0.690. The van der Waals surface area contributed by atoms with Gasteiger partial charge in [0.25, 0.3) is 0 Å². The van der Waals surface area contributed by atoms with Gasteiger partial charge in [-0.15, -0.1) is 0 Å². The van der Waals surface area contributed by atoms with Crippen molar-refractivity contribution in [1.29, 1.82) is 0 Å². The van der Waals surface area contributed by atoms with Crippen LogP contribution in [0.4, 0.5) is 4.79 Å². The van der Waals surface area contributed by atoms with Gasteiger partial charge in [-0.05, 0) is 25.2 Å². The fourth-order valence-electron chi connectivity index (χ4n) is 2.16. The molecule has 104 valence electrons. The predicted molar refractivity (Wildman–Crippen MR) is 66.2 cm³/mol. The second kappa shape index (κ2) is 7.20. The highest BCUT2D eigenvalue weighted by molar-refractivity contribution is 5.76. The van der Waals surface area contributed by atoms with E-state index in [9.17, 15) is 9.59 Å². The van der Waals surface area contributed by atoms with Crippen LogP contribution in [0.2, 0.25) is 0 Å². The molecule has 2 atom stereocenters. The van der Waals surface area contributed by atoms with E-state index in [4.69, 9.17) is 10.2 Å². The van der Waals surface area contributed by atoms with E-state index in [1.54, 1.807) is 4.90 Å². The van der Waals surface area contributed by atoms with Crippen molar-refractivity contribution in [3.05, 3.63) is 0 Å². The molecule has 6 nitrogen and oxygen atoms in total. The van der Waals surface area contributed by atoms with Crippen LogP contribution in [-0.2, 0) is 4.79 Å². The van der Waals surface area contributed by atoms with Gasteiger partial charge in [0.05, 0.1) is 6.54 Å². The van der Waals surface area contributed by atoms with Gasteiger partial charge < -0.3 is 20.4 Å². The molecular formula is C12H22N2O4. The summed E-state index contributed by atoms with van der Waals surface area (Å²) in [5.41, 5.74) is 0. The van der Waals surface area contributed by atoms with E-state index in [2.05, 4.69) is 12.2 Å². The molecule has 1 heterocycles. The number of aliphatic hydroxyl groups excluding tert-OH is 1. The second-order valence-electron chi connectivity index (χ2n) is 4.73. The number of rotatable bonds is 4. The molecule has 6 heteroatoms. The molecule has 1 fully saturated rings. The summed E-state index contributed by atoms with van der Waals surface area (Å²) in [6.45, 7) is 3.31. The van der Waals surface area contributed by atoms with Crippen molar-refractivity contribution in [2.24, 2.45) is 5.92 Å². The highest BCUT2D eigenvalue weighted by Gasteiger charge is 2.21. The van der Waals surface area contributed by atoms with Crippen LogP contribution in [0.1, 0.15) is 32.6 Å². The third kappa shape index (κ3) is 4.52. The van der Waals surface area contributed by atoms with Gasteiger partial charge in [-0.1, -0.05) is 13.3 Å². The highest BCUT2D eigenvalue weighted by Crippen LogP contribution is 2.20. The molecule has 1 aliphatic heterocycles. The van der Waals surface area contributed by atoms with E-state index in [1.165, 1.54) is 0 Å². The fraction of sp³-hybridized carbons (Fsp3) is 0.833. The minimum absolute atomic E-state index is 0.248. The van der Waals surface area contributed by atoms with Crippen molar-refractivity contribution in [3.63, 3.8) is 0 Å². The molecule has 0 spiro atoms. The molecule has 0 aliphatic carbocycles. The number of urea groups is 1. The first-order valence-electron chi connectivity index (χ1n) is 6.48. The van der Waals surface area contributed by atoms with Crippen molar-refractivity contribution in [2.45, 2.75) is 38.7 Å². The molecule has 3 N–H and O–H groups in total. The topological polar surface area (TPSA) is 89.9 Å². The molecule has 1 saturated heterocycles. The lowest BCUT2D eigenvalue weighted by Gasteiger charge is -2.21. The maximum Gasteiger partial charge on any atom is 0.334 e. The third-order valence-electron chi connectivity index (χ3n) is 3.44. The van der Waals surface area contributed by atoms with Crippen LogP contribution >= 0.6 is 0 Å². The molecule has 2 amide bonds. The molecule has 0 aromatic carbocycles. The molecule has 18 heavy (non-hydrogen) atoms. The maximum atomic E-state index is 11.8. The number of nitrogens with zero attached hydrogens (tertiary/aromatic N) is 1. The largest absolute Gasteiger partial charge is 0.479 e. The van der Waals surface area contributed by atoms with Crippen LogP contribution in [0.3, 0.4) is 0 Å². The predicted octanol–water partition coefficient (Wildman–Crippen LogP) is 0.654. The van der Waals surface area contributed by atoms with Crippen LogP contribution in [0.25, 0.3) is 0 Å². The van der Waals surface area contributed by atoms with Crippen LogP contribution in [-0.4, -0.2) is 52.9 Å². The van der Waals surface area contributed by atoms with Crippen LogP contribution in [0.5, 0.6) is 0 Å². The molecule has 0 saturated carbocycles. The summed E-state index contributed by atoms with van der Waals surface area (Å²) in [6.07, 6.45) is 2.70. The van der Waals surface area contributed by atoms with Crippen molar-refractivity contribution < 1.29 is 19.8 Å². The number of likely N-dealkylation sites (tertiary alicyclic amines) is 1. The van der Waals surface area contributed by atoms with E-state index in [0.29, 0.717) is 19.0 Å². The van der Waals surface area contributed by atoms with E-state index in [-0.39, 0.29) is 12.6 Å². The summed E-state index contributed by atoms with van der Waals surface area (Å²) >= 11 is 0. The molecule has 0 radical (unpaired) electrons. The number of aliphatic hydroxyl groups is 1. The smallest absolute Gasteiger partial charge is 0.334 e. The van der Waals surface area contributed by atoms with Gasteiger partial charge in [0.1, 0.15) is 0 Å². The number of aliphatic carboxylic acids is 1. The van der Waals surface area contributed by atoms with Crippen molar-refractivity contribution in [2.75, 3.05) is 19.6 Å². The first kappa shape index (κ1) is 14.8. The van der Waals surface area contributed by atoms with Gasteiger partial charge in [0.15, 0.2) is 6.10 Å². The SMILES string of the molecule is CCC1CCCN(C(=O)NCC(O)C(=O)O)CC1. The molecule has 0 bridgehead atoms. The number of carbonyl (C=O) groups excluding carboxylic acids is 1. The zero-order valence-corrected chi connectivity index (χ0v) is 10.8. The molecule has 2 unspecified atom stereocenters. The van der Waals surface area contributed by atoms with Crippen molar-refractivity contribution in [1.82, 2.24) is 10.2 Å². The Labute approximate surface area is 107 Å². The average molecular weight is 258 g/mol. The fourth-order valence-corrected chi connectivity index (χ4v) is 2.16. The molecule has 0 aromatic heterocycles. The average Bonchev–Trinajstić information content (AvgIpc) is 2.60. The van der Waals surface area contributed by atoms with E-state index in [1.807, 2.05) is 0 Å². The van der Waals surface area contributed by atoms with Gasteiger partial charge in [-0.2, -0.15) is 0 Å². The monoisotopic (exact) mass is 258 g/mol. The number of hydrogen-bond acceptors (Lipinski definition) is 3. The molecular weight excluding hydrogens is 236 g/mol. The van der Waals surface area contributed by atoms with Gasteiger partial charge in [-0.3, -0.25) is 0 Å². The Balaban J connectivity index is 2.35. The summed E-state index contributed by atoms with van der Waals surface area (Å²) in [5, 5.41) is 20.0. The van der Waals surface area contributed by atoms with Gasteiger partial charge in [0.2, 0.25) is 0 Å². The molecule has 1 rings (SSSR count). The normalized spacial score (nSPS) is 22.1. The Hall–Kier alpha value is -1.30. The summed E-state index contributed by atoms with van der Waals surface area (Å²) in [4.78, 5) is 23.9. The van der Waals surface area contributed by atoms with E-state index < -0.39 is 12.1 Å². The summed E-state index contributed by atoms with van der Waals surface area (Å²) in [6, 6.07) is -0.285. The summed E-state index contributed by atoms with van der Waals surface area (Å²) in [5.74, 6) is -0.648. The number of nitrogens with one attached hydrogen (secondary N) is 1. The molecule has 0 aromatic rings. The van der Waals surface area contributed by atoms with Gasteiger partial charge in [0, 0.05) is 13.1 Å². The van der Waals surface area contributed by atoms with Crippen LogP contribution < -0.4 is 5.32 Å². The van der Waals surface area contributed by atoms with E-state index in [0.717, 1.165) is 25.7 Å². The standard InChI is InChI=1S/C12H22N2O4/c1-2-9-4-3-6-14(7-5-9)12(18)13-8-10(15)11(16)17/h9-10,15H,2-8H2,1H3,(H,13,18)(H,16,17). The highest BCUT2D eigenvalue weighted by atomic mass is 16.4. The Kier molecular flexibility index (Phi) is 5.91. The minimum atomic E-state index is -1.54. The number of carbonyl (C=O) groups is 2. The minimum Gasteiger partial charge on any atom is -0.479 e.